The van der Waals surface area contributed by atoms with E-state index >= 15 is 0 Å². The SMILES string of the molecule is CC/C=C\C/C=C\CCCCC(=O)OC(COC(=O)CCC/C=C\C/C=C\C/C=C\CCCCCCCC)COC(=O)CCCCCCCCCCC. The topological polar surface area (TPSA) is 78.9 Å². The summed E-state index contributed by atoms with van der Waals surface area (Å²) in [5.41, 5.74) is 0. The van der Waals surface area contributed by atoms with Crippen LogP contribution in [0.5, 0.6) is 0 Å². The smallest absolute Gasteiger partial charge is 0.306 e. The Bertz CT molecular complexity index is 991. The maximum atomic E-state index is 12.6. The third kappa shape index (κ3) is 40.1. The lowest BCUT2D eigenvalue weighted by Crippen LogP contribution is -2.30. The molecule has 0 heterocycles. The highest BCUT2D eigenvalue weighted by Gasteiger charge is 2.19. The van der Waals surface area contributed by atoms with E-state index < -0.39 is 6.10 Å². The molecule has 0 aliphatic heterocycles. The van der Waals surface area contributed by atoms with Crippen LogP contribution in [0.1, 0.15) is 201 Å². The van der Waals surface area contributed by atoms with Crippen LogP contribution in [0.2, 0.25) is 0 Å². The summed E-state index contributed by atoms with van der Waals surface area (Å²) in [6, 6.07) is 0. The van der Waals surface area contributed by atoms with Gasteiger partial charge in [0.15, 0.2) is 6.10 Å². The predicted molar refractivity (Wildman–Crippen MR) is 224 cm³/mol. The number of allylic oxidation sites excluding steroid dienone is 10. The Morgan fingerprint density at radius 1 is 0.396 bits per heavy atom. The lowest BCUT2D eigenvalue weighted by atomic mass is 10.1. The zero-order valence-corrected chi connectivity index (χ0v) is 34.5. The van der Waals surface area contributed by atoms with Crippen molar-refractivity contribution < 1.29 is 28.6 Å². The van der Waals surface area contributed by atoms with E-state index in [-0.39, 0.29) is 44.0 Å². The molecule has 0 saturated heterocycles. The van der Waals surface area contributed by atoms with Crippen molar-refractivity contribution in [2.24, 2.45) is 0 Å². The van der Waals surface area contributed by atoms with Gasteiger partial charge in [-0.3, -0.25) is 14.4 Å². The van der Waals surface area contributed by atoms with Crippen LogP contribution in [0.25, 0.3) is 0 Å². The second kappa shape index (κ2) is 41.9. The van der Waals surface area contributed by atoms with Crippen molar-refractivity contribution in [3.63, 3.8) is 0 Å². The van der Waals surface area contributed by atoms with E-state index in [0.29, 0.717) is 19.3 Å². The molecule has 1 atom stereocenters. The van der Waals surface area contributed by atoms with Crippen LogP contribution in [0.3, 0.4) is 0 Å². The van der Waals surface area contributed by atoms with Gasteiger partial charge in [-0.1, -0.05) is 165 Å². The van der Waals surface area contributed by atoms with Gasteiger partial charge in [-0.25, -0.2) is 0 Å². The number of unbranched alkanes of at least 4 members (excludes halogenated alkanes) is 17. The zero-order chi connectivity index (χ0) is 38.7. The first-order chi connectivity index (χ1) is 26.0. The van der Waals surface area contributed by atoms with Crippen LogP contribution in [-0.2, 0) is 28.6 Å². The van der Waals surface area contributed by atoms with E-state index in [0.717, 1.165) is 64.2 Å². The molecule has 53 heavy (non-hydrogen) atoms. The Balaban J connectivity index is 4.42. The molecule has 0 aromatic heterocycles. The number of ether oxygens (including phenoxy) is 3. The van der Waals surface area contributed by atoms with Crippen LogP contribution in [0.4, 0.5) is 0 Å². The summed E-state index contributed by atoms with van der Waals surface area (Å²) < 4.78 is 16.5. The van der Waals surface area contributed by atoms with Gasteiger partial charge in [-0.15, -0.1) is 0 Å². The summed E-state index contributed by atoms with van der Waals surface area (Å²) in [6.45, 7) is 6.39. The van der Waals surface area contributed by atoms with Crippen LogP contribution in [-0.4, -0.2) is 37.2 Å². The van der Waals surface area contributed by atoms with Crippen molar-refractivity contribution in [2.45, 2.75) is 207 Å². The molecular formula is C47H80O6. The van der Waals surface area contributed by atoms with E-state index in [9.17, 15) is 14.4 Å². The van der Waals surface area contributed by atoms with Gasteiger partial charge in [0.1, 0.15) is 13.2 Å². The largest absolute Gasteiger partial charge is 0.462 e. The number of carbonyl (C=O) groups excluding carboxylic acids is 3. The Morgan fingerprint density at radius 2 is 0.755 bits per heavy atom. The van der Waals surface area contributed by atoms with E-state index in [2.05, 4.69) is 81.5 Å². The predicted octanol–water partition coefficient (Wildman–Crippen LogP) is 13.7. The monoisotopic (exact) mass is 741 g/mol. The molecule has 0 spiro atoms. The summed E-state index contributed by atoms with van der Waals surface area (Å²) in [7, 11) is 0. The quantitative estimate of drug-likeness (QED) is 0.0271. The molecule has 0 radical (unpaired) electrons. The van der Waals surface area contributed by atoms with E-state index in [1.807, 2.05) is 0 Å². The summed E-state index contributed by atoms with van der Waals surface area (Å²) >= 11 is 0. The van der Waals surface area contributed by atoms with Crippen molar-refractivity contribution in [3.8, 4) is 0 Å². The Hall–Kier alpha value is -2.89. The number of hydrogen-bond acceptors (Lipinski definition) is 6. The fourth-order valence-corrected chi connectivity index (χ4v) is 5.73. The number of esters is 3. The minimum atomic E-state index is -0.805. The van der Waals surface area contributed by atoms with Gasteiger partial charge >= 0.3 is 17.9 Å². The molecule has 0 saturated carbocycles. The molecule has 0 rings (SSSR count). The van der Waals surface area contributed by atoms with Crippen molar-refractivity contribution in [1.29, 1.82) is 0 Å². The first kappa shape index (κ1) is 50.1. The first-order valence-corrected chi connectivity index (χ1v) is 21.8. The minimum absolute atomic E-state index is 0.103. The average molecular weight is 741 g/mol. The van der Waals surface area contributed by atoms with Gasteiger partial charge < -0.3 is 14.2 Å². The molecule has 0 aromatic carbocycles. The Labute approximate surface area is 326 Å². The third-order valence-corrected chi connectivity index (χ3v) is 9.01. The summed E-state index contributed by atoms with van der Waals surface area (Å²) in [6.07, 6.45) is 49.4. The average Bonchev–Trinajstić information content (AvgIpc) is 3.15. The normalized spacial score (nSPS) is 12.6. The molecule has 6 nitrogen and oxygen atoms in total. The summed E-state index contributed by atoms with van der Waals surface area (Å²) in [5, 5.41) is 0. The number of hydrogen-bond donors (Lipinski definition) is 0. The molecule has 0 bridgehead atoms. The highest BCUT2D eigenvalue weighted by Crippen LogP contribution is 2.12. The molecule has 0 aromatic rings. The molecule has 0 aliphatic rings. The molecule has 304 valence electrons. The molecule has 1 unspecified atom stereocenters. The van der Waals surface area contributed by atoms with Crippen LogP contribution >= 0.6 is 0 Å². The van der Waals surface area contributed by atoms with Crippen molar-refractivity contribution >= 4 is 17.9 Å². The van der Waals surface area contributed by atoms with E-state index in [4.69, 9.17) is 14.2 Å². The Morgan fingerprint density at radius 3 is 1.26 bits per heavy atom. The first-order valence-electron chi connectivity index (χ1n) is 21.8. The van der Waals surface area contributed by atoms with E-state index in [1.165, 1.54) is 83.5 Å². The minimum Gasteiger partial charge on any atom is -0.462 e. The third-order valence-electron chi connectivity index (χ3n) is 9.01. The van der Waals surface area contributed by atoms with Crippen molar-refractivity contribution in [2.75, 3.05) is 13.2 Å². The van der Waals surface area contributed by atoms with Crippen LogP contribution in [0, 0.1) is 0 Å². The molecule has 0 N–H and O–H groups in total. The highest BCUT2D eigenvalue weighted by atomic mass is 16.6. The van der Waals surface area contributed by atoms with Crippen molar-refractivity contribution in [1.82, 2.24) is 0 Å². The van der Waals surface area contributed by atoms with E-state index in [1.54, 1.807) is 0 Å². The molecule has 0 amide bonds. The molecule has 0 aliphatic carbocycles. The van der Waals surface area contributed by atoms with Crippen LogP contribution < -0.4 is 0 Å². The molecular weight excluding hydrogens is 661 g/mol. The van der Waals surface area contributed by atoms with Gasteiger partial charge in [-0.05, 0) is 77.0 Å². The van der Waals surface area contributed by atoms with Gasteiger partial charge in [0.05, 0.1) is 0 Å². The van der Waals surface area contributed by atoms with Gasteiger partial charge in [-0.2, -0.15) is 0 Å². The van der Waals surface area contributed by atoms with Gasteiger partial charge in [0.25, 0.3) is 0 Å². The zero-order valence-electron chi connectivity index (χ0n) is 34.5. The van der Waals surface area contributed by atoms with Crippen molar-refractivity contribution in [3.05, 3.63) is 60.8 Å². The summed E-state index contributed by atoms with van der Waals surface area (Å²) in [5.74, 6) is -1.00. The summed E-state index contributed by atoms with van der Waals surface area (Å²) in [4.78, 5) is 37.5. The lowest BCUT2D eigenvalue weighted by molar-refractivity contribution is -0.167. The fourth-order valence-electron chi connectivity index (χ4n) is 5.73. The Kier molecular flexibility index (Phi) is 39.6. The van der Waals surface area contributed by atoms with Gasteiger partial charge in [0.2, 0.25) is 0 Å². The maximum absolute atomic E-state index is 12.6. The lowest BCUT2D eigenvalue weighted by Gasteiger charge is -2.18. The maximum Gasteiger partial charge on any atom is 0.306 e. The van der Waals surface area contributed by atoms with Gasteiger partial charge in [0, 0.05) is 19.3 Å². The highest BCUT2D eigenvalue weighted by molar-refractivity contribution is 5.71. The standard InChI is InChI=1S/C47H80O6/c1-4-7-10-13-16-19-20-21-22-23-24-25-26-29-31-34-37-40-46(49)52-43-44(53-47(50)41-38-35-32-28-18-15-12-9-6-3)42-51-45(48)39-36-33-30-27-17-14-11-8-5-2/h9,12,18,21-22,24-25,28-29,31,44H,4-8,10-11,13-17,19-20,23,26-27,30,32-43H2,1-3H3/b12-9-,22-21-,25-24-,28-18-,31-29-. The second-order valence-corrected chi connectivity index (χ2v) is 14.2. The number of rotatable bonds is 38. The fraction of sp³-hybridized carbons (Fsp3) is 0.723. The second-order valence-electron chi connectivity index (χ2n) is 14.2. The molecule has 0 fully saturated rings. The van der Waals surface area contributed by atoms with Crippen LogP contribution in [0.15, 0.2) is 60.8 Å². The number of carbonyl (C=O) groups is 3. The molecule has 6 heteroatoms.